The molecule has 2 unspecified atom stereocenters. The molecule has 1 aliphatic rings. The van der Waals surface area contributed by atoms with Crippen LogP contribution < -0.4 is 10.1 Å². The Kier molecular flexibility index (Phi) is 3.59. The van der Waals surface area contributed by atoms with Crippen LogP contribution in [0.25, 0.3) is 0 Å². The summed E-state index contributed by atoms with van der Waals surface area (Å²) in [5, 5.41) is 3.09. The van der Waals surface area contributed by atoms with Crippen LogP contribution in [0.4, 0.5) is 13.2 Å². The summed E-state index contributed by atoms with van der Waals surface area (Å²) in [5.74, 6) is -1.13. The largest absolute Gasteiger partial charge is 0.485 e. The lowest BCUT2D eigenvalue weighted by Gasteiger charge is -2.32. The van der Waals surface area contributed by atoms with Crippen LogP contribution in [-0.2, 0) is 0 Å². The molecule has 110 valence electrons. The summed E-state index contributed by atoms with van der Waals surface area (Å²) in [6.07, 6.45) is -0.220. The number of halogens is 3. The molecule has 21 heavy (non-hydrogen) atoms. The van der Waals surface area contributed by atoms with E-state index in [0.717, 1.165) is 23.8 Å². The molecule has 0 spiro atoms. The van der Waals surface area contributed by atoms with Crippen molar-refractivity contribution in [1.29, 1.82) is 0 Å². The van der Waals surface area contributed by atoms with Gasteiger partial charge < -0.3 is 10.1 Å². The van der Waals surface area contributed by atoms with Gasteiger partial charge in [0.05, 0.1) is 0 Å². The number of hydrogen-bond acceptors (Lipinski definition) is 2. The van der Waals surface area contributed by atoms with E-state index in [2.05, 4.69) is 5.32 Å². The highest BCUT2D eigenvalue weighted by molar-refractivity contribution is 5.40. The highest BCUT2D eigenvalue weighted by Gasteiger charge is 2.30. The molecule has 1 N–H and O–H groups in total. The molecule has 2 nitrogen and oxygen atoms in total. The molecule has 0 saturated heterocycles. The van der Waals surface area contributed by atoms with Crippen LogP contribution in [0.2, 0.25) is 0 Å². The summed E-state index contributed by atoms with van der Waals surface area (Å²) in [6.45, 7) is 0. The molecule has 0 aromatic heterocycles. The first kappa shape index (κ1) is 13.9. The van der Waals surface area contributed by atoms with Crippen molar-refractivity contribution in [3.05, 3.63) is 65.0 Å². The summed E-state index contributed by atoms with van der Waals surface area (Å²) >= 11 is 0. The minimum atomic E-state index is -0.660. The van der Waals surface area contributed by atoms with E-state index in [1.165, 1.54) is 12.1 Å². The van der Waals surface area contributed by atoms with Gasteiger partial charge >= 0.3 is 0 Å². The second-order valence-corrected chi connectivity index (χ2v) is 5.03. The molecule has 0 aliphatic carbocycles. The standard InChI is InChI=1S/C16H14F3NO/c1-20-14-8-16(12-6-9(17)3-5-13(12)19)21-15-7-10(18)2-4-11(14)15/h2-7,14,16,20H,8H2,1H3. The molecule has 2 atom stereocenters. The predicted molar refractivity (Wildman–Crippen MR) is 72.5 cm³/mol. The van der Waals surface area contributed by atoms with Crippen molar-refractivity contribution >= 4 is 0 Å². The second-order valence-electron chi connectivity index (χ2n) is 5.03. The van der Waals surface area contributed by atoms with E-state index in [1.54, 1.807) is 13.1 Å². The van der Waals surface area contributed by atoms with Gasteiger partial charge in [0.2, 0.25) is 0 Å². The number of ether oxygens (including phenoxy) is 1. The molecular formula is C16H14F3NO. The summed E-state index contributed by atoms with van der Waals surface area (Å²) in [4.78, 5) is 0. The molecule has 0 radical (unpaired) electrons. The lowest BCUT2D eigenvalue weighted by molar-refractivity contribution is 0.149. The highest BCUT2D eigenvalue weighted by atomic mass is 19.1. The summed E-state index contributed by atoms with van der Waals surface area (Å²) in [5.41, 5.74) is 0.956. The maximum Gasteiger partial charge on any atom is 0.130 e. The highest BCUT2D eigenvalue weighted by Crippen LogP contribution is 2.41. The van der Waals surface area contributed by atoms with Gasteiger partial charge in [-0.3, -0.25) is 0 Å². The maximum absolute atomic E-state index is 13.9. The zero-order valence-corrected chi connectivity index (χ0v) is 11.4. The average molecular weight is 293 g/mol. The summed E-state index contributed by atoms with van der Waals surface area (Å²) < 4.78 is 46.3. The van der Waals surface area contributed by atoms with Crippen LogP contribution in [0, 0.1) is 17.5 Å². The van der Waals surface area contributed by atoms with Gasteiger partial charge in [-0.1, -0.05) is 6.07 Å². The van der Waals surface area contributed by atoms with E-state index >= 15 is 0 Å². The van der Waals surface area contributed by atoms with Gasteiger partial charge in [0.15, 0.2) is 0 Å². The third-order valence-electron chi connectivity index (χ3n) is 3.72. The monoisotopic (exact) mass is 293 g/mol. The quantitative estimate of drug-likeness (QED) is 0.907. The van der Waals surface area contributed by atoms with Crippen LogP contribution in [0.3, 0.4) is 0 Å². The number of rotatable bonds is 2. The second kappa shape index (κ2) is 5.41. The Morgan fingerprint density at radius 3 is 2.48 bits per heavy atom. The molecule has 5 heteroatoms. The Morgan fingerprint density at radius 1 is 1.00 bits per heavy atom. The van der Waals surface area contributed by atoms with E-state index in [9.17, 15) is 13.2 Å². The van der Waals surface area contributed by atoms with Crippen molar-refractivity contribution in [3.8, 4) is 5.75 Å². The summed E-state index contributed by atoms with van der Waals surface area (Å²) in [6, 6.07) is 7.41. The number of fused-ring (bicyclic) bond motifs is 1. The Labute approximate surface area is 120 Å². The van der Waals surface area contributed by atoms with Gasteiger partial charge in [-0.2, -0.15) is 0 Å². The topological polar surface area (TPSA) is 21.3 Å². The molecule has 3 rings (SSSR count). The first-order valence-electron chi connectivity index (χ1n) is 6.67. The van der Waals surface area contributed by atoms with E-state index in [0.29, 0.717) is 12.2 Å². The fraction of sp³-hybridized carbons (Fsp3) is 0.250. The van der Waals surface area contributed by atoms with Crippen LogP contribution in [0.1, 0.15) is 29.7 Å². The van der Waals surface area contributed by atoms with E-state index in [1.807, 2.05) is 0 Å². The molecule has 0 bridgehead atoms. The molecule has 0 amide bonds. The fourth-order valence-corrected chi connectivity index (χ4v) is 2.67. The third kappa shape index (κ3) is 2.61. The molecule has 1 heterocycles. The zero-order valence-electron chi connectivity index (χ0n) is 11.4. The van der Waals surface area contributed by atoms with Crippen molar-refractivity contribution in [2.24, 2.45) is 0 Å². The van der Waals surface area contributed by atoms with Gasteiger partial charge in [0.1, 0.15) is 29.3 Å². The minimum absolute atomic E-state index is 0.109. The van der Waals surface area contributed by atoms with E-state index in [4.69, 9.17) is 4.74 Å². The maximum atomic E-state index is 13.9. The van der Waals surface area contributed by atoms with Crippen LogP contribution in [0.15, 0.2) is 36.4 Å². The minimum Gasteiger partial charge on any atom is -0.485 e. The van der Waals surface area contributed by atoms with E-state index < -0.39 is 23.6 Å². The fourth-order valence-electron chi connectivity index (χ4n) is 2.67. The van der Waals surface area contributed by atoms with Crippen molar-refractivity contribution in [2.45, 2.75) is 18.6 Å². The average Bonchev–Trinajstić information content (AvgIpc) is 2.48. The Bertz CT molecular complexity index is 675. The van der Waals surface area contributed by atoms with Gasteiger partial charge in [-0.05, 0) is 31.3 Å². The van der Waals surface area contributed by atoms with Crippen molar-refractivity contribution < 1.29 is 17.9 Å². The Balaban J connectivity index is 2.01. The molecule has 0 saturated carbocycles. The van der Waals surface area contributed by atoms with Gasteiger partial charge in [0.25, 0.3) is 0 Å². The summed E-state index contributed by atoms with van der Waals surface area (Å²) in [7, 11) is 1.77. The van der Waals surface area contributed by atoms with Crippen molar-refractivity contribution in [3.63, 3.8) is 0 Å². The molecule has 1 aliphatic heterocycles. The van der Waals surface area contributed by atoms with Gasteiger partial charge in [-0.25, -0.2) is 13.2 Å². The van der Waals surface area contributed by atoms with Crippen LogP contribution in [-0.4, -0.2) is 7.05 Å². The SMILES string of the molecule is CNC1CC(c2cc(F)ccc2F)Oc2cc(F)ccc21. The zero-order chi connectivity index (χ0) is 15.0. The van der Waals surface area contributed by atoms with Crippen molar-refractivity contribution in [2.75, 3.05) is 7.05 Å². The normalized spacial score (nSPS) is 20.8. The smallest absolute Gasteiger partial charge is 0.130 e. The molecule has 0 fully saturated rings. The third-order valence-corrected chi connectivity index (χ3v) is 3.72. The van der Waals surface area contributed by atoms with Gasteiger partial charge in [-0.15, -0.1) is 0 Å². The number of hydrogen-bond donors (Lipinski definition) is 1. The number of benzene rings is 2. The van der Waals surface area contributed by atoms with Crippen LogP contribution >= 0.6 is 0 Å². The Hall–Kier alpha value is -2.01. The predicted octanol–water partition coefficient (Wildman–Crippen LogP) is 3.89. The lowest BCUT2D eigenvalue weighted by Crippen LogP contribution is -2.27. The van der Waals surface area contributed by atoms with Crippen LogP contribution in [0.5, 0.6) is 5.75 Å². The number of nitrogens with one attached hydrogen (secondary N) is 1. The molecular weight excluding hydrogens is 279 g/mol. The van der Waals surface area contributed by atoms with E-state index in [-0.39, 0.29) is 11.6 Å². The Morgan fingerprint density at radius 2 is 1.71 bits per heavy atom. The first-order valence-corrected chi connectivity index (χ1v) is 6.67. The molecule has 2 aromatic rings. The lowest BCUT2D eigenvalue weighted by atomic mass is 9.92. The molecule has 2 aromatic carbocycles. The van der Waals surface area contributed by atoms with Gasteiger partial charge in [0, 0.05) is 29.7 Å². The first-order chi connectivity index (χ1) is 10.1. The van der Waals surface area contributed by atoms with Crippen molar-refractivity contribution in [1.82, 2.24) is 5.32 Å².